The van der Waals surface area contributed by atoms with Crippen LogP contribution in [0.2, 0.25) is 0 Å². The highest BCUT2D eigenvalue weighted by atomic mass is 16.5. The number of nitrogens with one attached hydrogen (secondary N) is 1. The van der Waals surface area contributed by atoms with Crippen LogP contribution in [0, 0.1) is 5.41 Å². The maximum absolute atomic E-state index is 5.36. The molecule has 1 atom stereocenters. The third-order valence-electron chi connectivity index (χ3n) is 4.17. The Balaban J connectivity index is 1.61. The molecule has 1 N–H and O–H groups in total. The second-order valence-corrected chi connectivity index (χ2v) is 6.37. The average Bonchev–Trinajstić information content (AvgIpc) is 2.29. The molecule has 1 saturated carbocycles. The van der Waals surface area contributed by atoms with Gasteiger partial charge in [0.25, 0.3) is 0 Å². The van der Waals surface area contributed by atoms with Gasteiger partial charge >= 0.3 is 0 Å². The van der Waals surface area contributed by atoms with Crippen molar-refractivity contribution >= 4 is 0 Å². The predicted molar refractivity (Wildman–Crippen MR) is 71.3 cm³/mol. The van der Waals surface area contributed by atoms with Gasteiger partial charge in [-0.15, -0.1) is 0 Å². The molecule has 1 heterocycles. The minimum atomic E-state index is 0.550. The first kappa shape index (κ1) is 13.3. The van der Waals surface area contributed by atoms with Crippen molar-refractivity contribution in [2.75, 3.05) is 39.4 Å². The van der Waals surface area contributed by atoms with E-state index in [-0.39, 0.29) is 0 Å². The van der Waals surface area contributed by atoms with E-state index >= 15 is 0 Å². The Kier molecular flexibility index (Phi) is 4.83. The summed E-state index contributed by atoms with van der Waals surface area (Å²) in [6.07, 6.45) is 5.50. The Morgan fingerprint density at radius 1 is 1.29 bits per heavy atom. The van der Waals surface area contributed by atoms with Gasteiger partial charge in [-0.3, -0.25) is 4.90 Å². The van der Waals surface area contributed by atoms with E-state index in [2.05, 4.69) is 24.1 Å². The molecule has 3 nitrogen and oxygen atoms in total. The highest BCUT2D eigenvalue weighted by Crippen LogP contribution is 2.34. The monoisotopic (exact) mass is 240 g/mol. The zero-order chi connectivity index (χ0) is 12.1. The molecule has 100 valence electrons. The van der Waals surface area contributed by atoms with Crippen LogP contribution in [0.15, 0.2) is 0 Å². The van der Waals surface area contributed by atoms with E-state index in [4.69, 9.17) is 4.74 Å². The molecule has 1 unspecified atom stereocenters. The fourth-order valence-electron chi connectivity index (χ4n) is 3.12. The fourth-order valence-corrected chi connectivity index (χ4v) is 3.12. The number of hydrogen-bond donors (Lipinski definition) is 1. The van der Waals surface area contributed by atoms with Gasteiger partial charge in [0.2, 0.25) is 0 Å². The van der Waals surface area contributed by atoms with E-state index < -0.39 is 0 Å². The highest BCUT2D eigenvalue weighted by Gasteiger charge is 2.27. The molecule has 0 bridgehead atoms. The minimum Gasteiger partial charge on any atom is -0.379 e. The molecule has 1 aliphatic carbocycles. The van der Waals surface area contributed by atoms with Crippen molar-refractivity contribution in [2.45, 2.75) is 45.6 Å². The third kappa shape index (κ3) is 4.57. The molecular formula is C14H28N2O. The Hall–Kier alpha value is -0.120. The summed E-state index contributed by atoms with van der Waals surface area (Å²) in [5.74, 6) is 0. The van der Waals surface area contributed by atoms with Gasteiger partial charge in [0, 0.05) is 32.2 Å². The van der Waals surface area contributed by atoms with Crippen molar-refractivity contribution in [3.05, 3.63) is 0 Å². The first-order chi connectivity index (χ1) is 8.16. The van der Waals surface area contributed by atoms with Crippen LogP contribution in [0.4, 0.5) is 0 Å². The largest absolute Gasteiger partial charge is 0.379 e. The molecule has 2 fully saturated rings. The van der Waals surface area contributed by atoms with Crippen LogP contribution in [0.1, 0.15) is 39.5 Å². The molecule has 3 heteroatoms. The Morgan fingerprint density at radius 2 is 2.06 bits per heavy atom. The SMILES string of the molecule is CC1(C)CCCC(NCCN2CCOCC2)C1. The minimum absolute atomic E-state index is 0.550. The van der Waals surface area contributed by atoms with E-state index in [0.717, 1.165) is 38.9 Å². The van der Waals surface area contributed by atoms with Crippen molar-refractivity contribution in [3.63, 3.8) is 0 Å². The van der Waals surface area contributed by atoms with Gasteiger partial charge in [-0.2, -0.15) is 0 Å². The molecule has 0 aromatic rings. The molecule has 1 aliphatic heterocycles. The molecule has 17 heavy (non-hydrogen) atoms. The van der Waals surface area contributed by atoms with Crippen LogP contribution in [-0.2, 0) is 4.74 Å². The Morgan fingerprint density at radius 3 is 2.76 bits per heavy atom. The molecule has 0 spiro atoms. The molecule has 2 rings (SSSR count). The lowest BCUT2D eigenvalue weighted by Gasteiger charge is -2.36. The first-order valence-electron chi connectivity index (χ1n) is 7.19. The van der Waals surface area contributed by atoms with Gasteiger partial charge in [0.1, 0.15) is 0 Å². The van der Waals surface area contributed by atoms with Crippen molar-refractivity contribution < 1.29 is 4.74 Å². The Labute approximate surface area is 106 Å². The lowest BCUT2D eigenvalue weighted by Crippen LogP contribution is -2.44. The summed E-state index contributed by atoms with van der Waals surface area (Å²) in [4.78, 5) is 2.50. The predicted octanol–water partition coefficient (Wildman–Crippen LogP) is 1.88. The van der Waals surface area contributed by atoms with Gasteiger partial charge in [-0.1, -0.05) is 20.3 Å². The molecular weight excluding hydrogens is 212 g/mol. The summed E-state index contributed by atoms with van der Waals surface area (Å²) in [6, 6.07) is 0.750. The third-order valence-corrected chi connectivity index (χ3v) is 4.17. The molecule has 1 saturated heterocycles. The standard InChI is InChI=1S/C14H28N2O/c1-14(2)5-3-4-13(12-14)15-6-7-16-8-10-17-11-9-16/h13,15H,3-12H2,1-2H3. The van der Waals surface area contributed by atoms with Gasteiger partial charge in [0.15, 0.2) is 0 Å². The zero-order valence-electron chi connectivity index (χ0n) is 11.5. The topological polar surface area (TPSA) is 24.5 Å². The summed E-state index contributed by atoms with van der Waals surface area (Å²) in [5, 5.41) is 3.74. The van der Waals surface area contributed by atoms with Crippen LogP contribution in [0.25, 0.3) is 0 Å². The maximum Gasteiger partial charge on any atom is 0.0594 e. The van der Waals surface area contributed by atoms with Crippen LogP contribution >= 0.6 is 0 Å². The van der Waals surface area contributed by atoms with Gasteiger partial charge in [-0.05, 0) is 24.7 Å². The summed E-state index contributed by atoms with van der Waals surface area (Å²) in [5.41, 5.74) is 0.550. The van der Waals surface area contributed by atoms with E-state index in [1.807, 2.05) is 0 Å². The summed E-state index contributed by atoms with van der Waals surface area (Å²) in [6.45, 7) is 11.2. The number of hydrogen-bond acceptors (Lipinski definition) is 3. The fraction of sp³-hybridized carbons (Fsp3) is 1.00. The second kappa shape index (κ2) is 6.17. The van der Waals surface area contributed by atoms with Crippen molar-refractivity contribution in [1.82, 2.24) is 10.2 Å². The number of ether oxygens (including phenoxy) is 1. The van der Waals surface area contributed by atoms with Crippen LogP contribution in [-0.4, -0.2) is 50.3 Å². The lowest BCUT2D eigenvalue weighted by molar-refractivity contribution is 0.0376. The van der Waals surface area contributed by atoms with Crippen molar-refractivity contribution in [1.29, 1.82) is 0 Å². The number of nitrogens with zero attached hydrogens (tertiary/aromatic N) is 1. The summed E-state index contributed by atoms with van der Waals surface area (Å²) < 4.78 is 5.36. The molecule has 0 aromatic heterocycles. The zero-order valence-corrected chi connectivity index (χ0v) is 11.5. The molecule has 0 aromatic carbocycles. The van der Waals surface area contributed by atoms with Gasteiger partial charge < -0.3 is 10.1 Å². The van der Waals surface area contributed by atoms with E-state index in [1.54, 1.807) is 0 Å². The van der Waals surface area contributed by atoms with E-state index in [1.165, 1.54) is 32.2 Å². The van der Waals surface area contributed by atoms with Crippen LogP contribution in [0.5, 0.6) is 0 Å². The smallest absolute Gasteiger partial charge is 0.0594 e. The highest BCUT2D eigenvalue weighted by molar-refractivity contribution is 4.83. The second-order valence-electron chi connectivity index (χ2n) is 6.37. The quantitative estimate of drug-likeness (QED) is 0.812. The van der Waals surface area contributed by atoms with Crippen molar-refractivity contribution in [2.24, 2.45) is 5.41 Å². The average molecular weight is 240 g/mol. The van der Waals surface area contributed by atoms with Gasteiger partial charge in [0.05, 0.1) is 13.2 Å². The normalized spacial score (nSPS) is 30.4. The summed E-state index contributed by atoms with van der Waals surface area (Å²) >= 11 is 0. The number of morpholine rings is 1. The van der Waals surface area contributed by atoms with Crippen LogP contribution < -0.4 is 5.32 Å². The van der Waals surface area contributed by atoms with Gasteiger partial charge in [-0.25, -0.2) is 0 Å². The van der Waals surface area contributed by atoms with E-state index in [9.17, 15) is 0 Å². The molecule has 2 aliphatic rings. The summed E-state index contributed by atoms with van der Waals surface area (Å²) in [7, 11) is 0. The van der Waals surface area contributed by atoms with E-state index in [0.29, 0.717) is 5.41 Å². The van der Waals surface area contributed by atoms with Crippen LogP contribution in [0.3, 0.4) is 0 Å². The first-order valence-corrected chi connectivity index (χ1v) is 7.19. The Bertz CT molecular complexity index is 224. The lowest BCUT2D eigenvalue weighted by atomic mass is 9.75. The number of rotatable bonds is 4. The van der Waals surface area contributed by atoms with Crippen molar-refractivity contribution in [3.8, 4) is 0 Å². The molecule has 0 radical (unpaired) electrons. The maximum atomic E-state index is 5.36. The molecule has 0 amide bonds.